The molecule has 1 rings (SSSR count). The molecule has 0 aliphatic heterocycles. The smallest absolute Gasteiger partial charge is 0.244 e. The molecule has 2 N–H and O–H groups in total. The molecule has 0 aromatic carbocycles. The summed E-state index contributed by atoms with van der Waals surface area (Å²) in [5.74, 6) is -0.0690. The Hall–Kier alpha value is -1.13. The van der Waals surface area contributed by atoms with Crippen LogP contribution in [-0.2, 0) is 4.79 Å². The summed E-state index contributed by atoms with van der Waals surface area (Å²) in [6.45, 7) is 5.01. The molecule has 0 spiro atoms. The number of aliphatic hydroxyl groups is 1. The zero-order valence-electron chi connectivity index (χ0n) is 11.0. The van der Waals surface area contributed by atoms with Crippen molar-refractivity contribution in [2.24, 2.45) is 5.41 Å². The lowest BCUT2D eigenvalue weighted by atomic mass is 9.88. The van der Waals surface area contributed by atoms with Crippen LogP contribution >= 0.6 is 11.3 Å². The molecule has 0 bridgehead atoms. The fourth-order valence-corrected chi connectivity index (χ4v) is 2.19. The minimum absolute atomic E-state index is 0.0230. The summed E-state index contributed by atoms with van der Waals surface area (Å²) in [5.41, 5.74) is 0.0230. The molecule has 0 aliphatic carbocycles. The molecule has 0 saturated carbocycles. The molecule has 100 valence electrons. The molecule has 0 unspecified atom stereocenters. The predicted molar refractivity (Wildman–Crippen MR) is 76.5 cm³/mol. The molecule has 4 heteroatoms. The first kappa shape index (κ1) is 14.9. The van der Waals surface area contributed by atoms with E-state index >= 15 is 0 Å². The number of hydrogen-bond donors (Lipinski definition) is 2. The second-order valence-corrected chi connectivity index (χ2v) is 6.04. The number of amides is 1. The van der Waals surface area contributed by atoms with Crippen LogP contribution in [0.25, 0.3) is 6.08 Å². The highest BCUT2D eigenvalue weighted by Gasteiger charge is 2.17. The van der Waals surface area contributed by atoms with Gasteiger partial charge in [-0.25, -0.2) is 0 Å². The summed E-state index contributed by atoms with van der Waals surface area (Å²) in [4.78, 5) is 12.7. The Morgan fingerprint density at radius 1 is 1.56 bits per heavy atom. The van der Waals surface area contributed by atoms with Crippen molar-refractivity contribution in [2.45, 2.75) is 26.7 Å². The molecular formula is C14H21NO2S. The highest BCUT2D eigenvalue weighted by molar-refractivity contribution is 7.10. The maximum Gasteiger partial charge on any atom is 0.244 e. The average Bonchev–Trinajstić information content (AvgIpc) is 2.84. The molecule has 3 nitrogen and oxygen atoms in total. The van der Waals surface area contributed by atoms with Crippen LogP contribution < -0.4 is 5.32 Å². The quantitative estimate of drug-likeness (QED) is 0.746. The van der Waals surface area contributed by atoms with Crippen molar-refractivity contribution in [3.8, 4) is 0 Å². The van der Waals surface area contributed by atoms with E-state index in [1.54, 1.807) is 17.4 Å². The summed E-state index contributed by atoms with van der Waals surface area (Å²) in [6, 6.07) is 3.93. The van der Waals surface area contributed by atoms with Crippen LogP contribution in [0.3, 0.4) is 0 Å². The van der Waals surface area contributed by atoms with Crippen LogP contribution in [-0.4, -0.2) is 24.2 Å². The standard InChI is InChI=1S/C14H21NO2S/c1-14(2,8-4-9-16)11-15-13(17)7-6-12-5-3-10-18-12/h3,5-7,10,16H,4,8-9,11H2,1-2H3,(H,15,17)/b7-6+. The maximum absolute atomic E-state index is 11.6. The van der Waals surface area contributed by atoms with Crippen molar-refractivity contribution in [2.75, 3.05) is 13.2 Å². The van der Waals surface area contributed by atoms with Crippen LogP contribution in [0.4, 0.5) is 0 Å². The SMILES string of the molecule is CC(C)(CCCO)CNC(=O)/C=C/c1cccs1. The molecule has 0 saturated heterocycles. The highest BCUT2D eigenvalue weighted by atomic mass is 32.1. The molecule has 1 amide bonds. The zero-order chi connectivity index (χ0) is 13.4. The first-order chi connectivity index (χ1) is 8.53. The highest BCUT2D eigenvalue weighted by Crippen LogP contribution is 2.20. The Morgan fingerprint density at radius 3 is 2.94 bits per heavy atom. The molecule has 1 aromatic rings. The van der Waals surface area contributed by atoms with E-state index in [2.05, 4.69) is 19.2 Å². The number of hydrogen-bond acceptors (Lipinski definition) is 3. The fourth-order valence-electron chi connectivity index (χ4n) is 1.58. The van der Waals surface area contributed by atoms with Gasteiger partial charge in [-0.05, 0) is 35.8 Å². The van der Waals surface area contributed by atoms with Crippen LogP contribution in [0.5, 0.6) is 0 Å². The van der Waals surface area contributed by atoms with Gasteiger partial charge in [0.15, 0.2) is 0 Å². The maximum atomic E-state index is 11.6. The van der Waals surface area contributed by atoms with Gasteiger partial charge in [-0.2, -0.15) is 0 Å². The Kier molecular flexibility index (Phi) is 6.09. The Morgan fingerprint density at radius 2 is 2.33 bits per heavy atom. The number of carbonyl (C=O) groups is 1. The third kappa shape index (κ3) is 5.98. The number of nitrogens with one attached hydrogen (secondary N) is 1. The van der Waals surface area contributed by atoms with Gasteiger partial charge in [-0.1, -0.05) is 19.9 Å². The van der Waals surface area contributed by atoms with E-state index < -0.39 is 0 Å². The van der Waals surface area contributed by atoms with E-state index in [0.29, 0.717) is 6.54 Å². The van der Waals surface area contributed by atoms with Crippen molar-refractivity contribution in [3.63, 3.8) is 0 Å². The molecular weight excluding hydrogens is 246 g/mol. The van der Waals surface area contributed by atoms with E-state index in [1.807, 2.05) is 23.6 Å². The molecule has 0 fully saturated rings. The van der Waals surface area contributed by atoms with E-state index in [9.17, 15) is 4.79 Å². The lowest BCUT2D eigenvalue weighted by Crippen LogP contribution is -2.33. The van der Waals surface area contributed by atoms with Crippen LogP contribution in [0, 0.1) is 5.41 Å². The van der Waals surface area contributed by atoms with Crippen LogP contribution in [0.1, 0.15) is 31.6 Å². The summed E-state index contributed by atoms with van der Waals surface area (Å²) in [6.07, 6.45) is 5.06. The minimum atomic E-state index is -0.0690. The van der Waals surface area contributed by atoms with Gasteiger partial charge in [0.05, 0.1) is 0 Å². The van der Waals surface area contributed by atoms with E-state index in [0.717, 1.165) is 17.7 Å². The second-order valence-electron chi connectivity index (χ2n) is 5.06. The fraction of sp³-hybridized carbons (Fsp3) is 0.500. The summed E-state index contributed by atoms with van der Waals surface area (Å²) in [7, 11) is 0. The molecule has 0 atom stereocenters. The zero-order valence-corrected chi connectivity index (χ0v) is 11.8. The van der Waals surface area contributed by atoms with Crippen molar-refractivity contribution in [1.82, 2.24) is 5.32 Å². The lowest BCUT2D eigenvalue weighted by molar-refractivity contribution is -0.116. The summed E-state index contributed by atoms with van der Waals surface area (Å²) < 4.78 is 0. The number of aliphatic hydroxyl groups excluding tert-OH is 1. The minimum Gasteiger partial charge on any atom is -0.396 e. The topological polar surface area (TPSA) is 49.3 Å². The van der Waals surface area contributed by atoms with Crippen molar-refractivity contribution in [3.05, 3.63) is 28.5 Å². The van der Waals surface area contributed by atoms with Crippen LogP contribution in [0.15, 0.2) is 23.6 Å². The van der Waals surface area contributed by atoms with E-state index in [1.165, 1.54) is 0 Å². The first-order valence-corrected chi connectivity index (χ1v) is 7.02. The summed E-state index contributed by atoms with van der Waals surface area (Å²) in [5, 5.41) is 13.7. The third-order valence-corrected chi connectivity index (χ3v) is 3.53. The van der Waals surface area contributed by atoms with Crippen molar-refractivity contribution >= 4 is 23.3 Å². The van der Waals surface area contributed by atoms with Gasteiger partial charge in [0.25, 0.3) is 0 Å². The number of rotatable bonds is 7. The predicted octanol–water partition coefficient (Wildman–Crippen LogP) is 2.68. The van der Waals surface area contributed by atoms with Crippen molar-refractivity contribution in [1.29, 1.82) is 0 Å². The number of carbonyl (C=O) groups excluding carboxylic acids is 1. The molecule has 18 heavy (non-hydrogen) atoms. The molecule has 1 heterocycles. The summed E-state index contributed by atoms with van der Waals surface area (Å²) >= 11 is 1.61. The molecule has 0 radical (unpaired) electrons. The second kappa shape index (κ2) is 7.34. The normalized spacial score (nSPS) is 11.9. The Bertz CT molecular complexity index is 383. The van der Waals surface area contributed by atoms with Gasteiger partial charge in [0.2, 0.25) is 5.91 Å². The van der Waals surface area contributed by atoms with Gasteiger partial charge in [0.1, 0.15) is 0 Å². The molecule has 1 aromatic heterocycles. The van der Waals surface area contributed by atoms with Crippen molar-refractivity contribution < 1.29 is 9.90 Å². The van der Waals surface area contributed by atoms with E-state index in [-0.39, 0.29) is 17.9 Å². The van der Waals surface area contributed by atoms with Gasteiger partial charge >= 0.3 is 0 Å². The van der Waals surface area contributed by atoms with Crippen LogP contribution in [0.2, 0.25) is 0 Å². The largest absolute Gasteiger partial charge is 0.396 e. The molecule has 0 aliphatic rings. The van der Waals surface area contributed by atoms with Gasteiger partial charge in [0, 0.05) is 24.1 Å². The van der Waals surface area contributed by atoms with E-state index in [4.69, 9.17) is 5.11 Å². The Balaban J connectivity index is 2.32. The average molecular weight is 267 g/mol. The first-order valence-electron chi connectivity index (χ1n) is 6.14. The van der Waals surface area contributed by atoms with Gasteiger partial charge in [-0.3, -0.25) is 4.79 Å². The van der Waals surface area contributed by atoms with Gasteiger partial charge < -0.3 is 10.4 Å². The van der Waals surface area contributed by atoms with Gasteiger partial charge in [-0.15, -0.1) is 11.3 Å². The Labute approximate surface area is 113 Å². The third-order valence-electron chi connectivity index (χ3n) is 2.69. The monoisotopic (exact) mass is 267 g/mol. The number of thiophene rings is 1. The lowest BCUT2D eigenvalue weighted by Gasteiger charge is -2.24.